The maximum atomic E-state index is 13.7. The van der Waals surface area contributed by atoms with E-state index in [0.29, 0.717) is 50.5 Å². The number of halogens is 3. The third-order valence-corrected chi connectivity index (χ3v) is 6.28. The highest BCUT2D eigenvalue weighted by molar-refractivity contribution is 6.02. The third-order valence-electron chi connectivity index (χ3n) is 6.28. The van der Waals surface area contributed by atoms with E-state index in [-0.39, 0.29) is 23.6 Å². The Morgan fingerprint density at radius 1 is 1.00 bits per heavy atom. The van der Waals surface area contributed by atoms with Crippen LogP contribution in [-0.2, 0) is 9.53 Å². The number of anilines is 3. The Balaban J connectivity index is 1.46. The van der Waals surface area contributed by atoms with Gasteiger partial charge in [-0.15, -0.1) is 0 Å². The zero-order valence-corrected chi connectivity index (χ0v) is 20.5. The van der Waals surface area contributed by atoms with E-state index in [9.17, 15) is 18.0 Å². The van der Waals surface area contributed by atoms with Crippen LogP contribution < -0.4 is 19.9 Å². The van der Waals surface area contributed by atoms with Crippen molar-refractivity contribution in [2.45, 2.75) is 31.2 Å². The van der Waals surface area contributed by atoms with Crippen LogP contribution in [0.25, 0.3) is 0 Å². The summed E-state index contributed by atoms with van der Waals surface area (Å²) < 4.78 is 52.9. The first-order chi connectivity index (χ1) is 18.4. The molecule has 200 valence electrons. The minimum atomic E-state index is -5.14. The highest BCUT2D eigenvalue weighted by atomic mass is 19.4. The Morgan fingerprint density at radius 2 is 1.68 bits per heavy atom. The van der Waals surface area contributed by atoms with Crippen molar-refractivity contribution in [1.82, 2.24) is 20.3 Å². The van der Waals surface area contributed by atoms with Crippen molar-refractivity contribution in [3.05, 3.63) is 66.5 Å². The number of carbonyl (C=O) groups excluding carboxylic acids is 1. The van der Waals surface area contributed by atoms with Crippen molar-refractivity contribution in [3.63, 3.8) is 0 Å². The molecule has 1 unspecified atom stereocenters. The SMILES string of the molecule is O=C(N(c1ccccc1)c1nc(C2CNCCO2)nc(N2CCC(Oc3ccccc3)CC2)n1)C(F)(F)F. The number of amides is 1. The molecule has 0 bridgehead atoms. The summed E-state index contributed by atoms with van der Waals surface area (Å²) in [4.78, 5) is 28.2. The van der Waals surface area contributed by atoms with Gasteiger partial charge in [-0.3, -0.25) is 4.79 Å². The average Bonchev–Trinajstić information content (AvgIpc) is 2.94. The molecule has 2 fully saturated rings. The standard InChI is InChI=1S/C26H27F3N6O3/c27-26(28,29)23(36)35(18-7-3-1-4-8-18)25-32-22(21-17-30-13-16-37-21)31-24(33-25)34-14-11-20(12-15-34)38-19-9-5-2-6-10-19/h1-10,20-21,30H,11-17H2. The van der Waals surface area contributed by atoms with Gasteiger partial charge in [0.15, 0.2) is 5.82 Å². The van der Waals surface area contributed by atoms with Crippen LogP contribution in [0.3, 0.4) is 0 Å². The first kappa shape index (κ1) is 25.9. The van der Waals surface area contributed by atoms with Crippen molar-refractivity contribution in [1.29, 1.82) is 0 Å². The van der Waals surface area contributed by atoms with Crippen molar-refractivity contribution < 1.29 is 27.4 Å². The molecule has 0 saturated carbocycles. The van der Waals surface area contributed by atoms with Gasteiger partial charge in [-0.1, -0.05) is 36.4 Å². The Hall–Kier alpha value is -3.77. The van der Waals surface area contributed by atoms with Crippen LogP contribution in [0, 0.1) is 0 Å². The number of hydrogen-bond donors (Lipinski definition) is 1. The summed E-state index contributed by atoms with van der Waals surface area (Å²) in [6.45, 7) is 2.45. The van der Waals surface area contributed by atoms with Crippen molar-refractivity contribution in [2.75, 3.05) is 42.6 Å². The normalized spacial score (nSPS) is 18.7. The van der Waals surface area contributed by atoms with E-state index in [1.807, 2.05) is 35.2 Å². The molecule has 1 amide bonds. The van der Waals surface area contributed by atoms with E-state index in [1.54, 1.807) is 18.2 Å². The molecule has 3 heterocycles. The number of para-hydroxylation sites is 2. The number of nitrogens with zero attached hydrogens (tertiary/aromatic N) is 5. The van der Waals surface area contributed by atoms with Crippen LogP contribution >= 0.6 is 0 Å². The molecule has 12 heteroatoms. The van der Waals surface area contributed by atoms with E-state index < -0.39 is 24.1 Å². The third kappa shape index (κ3) is 6.03. The largest absolute Gasteiger partial charge is 0.490 e. The van der Waals surface area contributed by atoms with Gasteiger partial charge < -0.3 is 19.7 Å². The lowest BCUT2D eigenvalue weighted by atomic mass is 10.1. The van der Waals surface area contributed by atoms with E-state index in [4.69, 9.17) is 9.47 Å². The molecule has 0 radical (unpaired) electrons. The van der Waals surface area contributed by atoms with E-state index in [2.05, 4.69) is 20.3 Å². The van der Waals surface area contributed by atoms with E-state index >= 15 is 0 Å². The number of rotatable bonds is 6. The minimum absolute atomic E-state index is 0.00409. The molecule has 2 aliphatic rings. The van der Waals surface area contributed by atoms with Crippen LogP contribution in [0.5, 0.6) is 5.75 Å². The molecule has 5 rings (SSSR count). The second-order valence-electron chi connectivity index (χ2n) is 8.95. The minimum Gasteiger partial charge on any atom is -0.490 e. The zero-order valence-electron chi connectivity index (χ0n) is 20.5. The number of hydrogen-bond acceptors (Lipinski definition) is 8. The van der Waals surface area contributed by atoms with Crippen LogP contribution in [0.1, 0.15) is 24.8 Å². The summed E-state index contributed by atoms with van der Waals surface area (Å²) in [7, 11) is 0. The Morgan fingerprint density at radius 3 is 2.32 bits per heavy atom. The van der Waals surface area contributed by atoms with E-state index in [0.717, 1.165) is 5.75 Å². The number of ether oxygens (including phenoxy) is 2. The molecule has 1 aromatic heterocycles. The zero-order chi connectivity index (χ0) is 26.5. The smallest absolute Gasteiger partial charge is 0.472 e. The second-order valence-corrected chi connectivity index (χ2v) is 8.95. The summed E-state index contributed by atoms with van der Waals surface area (Å²) in [5, 5.41) is 3.17. The topological polar surface area (TPSA) is 92.7 Å². The van der Waals surface area contributed by atoms with Gasteiger partial charge in [0.1, 0.15) is 18.0 Å². The van der Waals surface area contributed by atoms with Crippen LogP contribution in [0.15, 0.2) is 60.7 Å². The van der Waals surface area contributed by atoms with Gasteiger partial charge in [-0.25, -0.2) is 4.90 Å². The van der Waals surface area contributed by atoms with Gasteiger partial charge in [-0.2, -0.15) is 28.1 Å². The summed E-state index contributed by atoms with van der Waals surface area (Å²) in [6, 6.07) is 17.0. The molecular weight excluding hydrogens is 501 g/mol. The molecule has 2 aromatic carbocycles. The van der Waals surface area contributed by atoms with Crippen molar-refractivity contribution >= 4 is 23.5 Å². The molecule has 2 aliphatic heterocycles. The molecule has 9 nitrogen and oxygen atoms in total. The first-order valence-corrected chi connectivity index (χ1v) is 12.4. The lowest BCUT2D eigenvalue weighted by Gasteiger charge is -2.33. The number of piperidine rings is 1. The molecule has 3 aromatic rings. The molecule has 38 heavy (non-hydrogen) atoms. The maximum Gasteiger partial charge on any atom is 0.472 e. The lowest BCUT2D eigenvalue weighted by molar-refractivity contribution is -0.169. The quantitative estimate of drug-likeness (QED) is 0.517. The molecule has 0 spiro atoms. The fraction of sp³-hybridized carbons (Fsp3) is 0.385. The van der Waals surface area contributed by atoms with Gasteiger partial charge in [0.05, 0.1) is 12.3 Å². The van der Waals surface area contributed by atoms with Gasteiger partial charge in [0, 0.05) is 39.0 Å². The highest BCUT2D eigenvalue weighted by Gasteiger charge is 2.45. The fourth-order valence-corrected chi connectivity index (χ4v) is 4.38. The Kier molecular flexibility index (Phi) is 7.70. The van der Waals surface area contributed by atoms with Gasteiger partial charge in [0.2, 0.25) is 11.9 Å². The van der Waals surface area contributed by atoms with Gasteiger partial charge >= 0.3 is 12.1 Å². The number of carbonyl (C=O) groups is 1. The molecule has 1 atom stereocenters. The number of aromatic nitrogens is 3. The predicted molar refractivity (Wildman–Crippen MR) is 133 cm³/mol. The lowest BCUT2D eigenvalue weighted by Crippen LogP contribution is -2.42. The summed E-state index contributed by atoms with van der Waals surface area (Å²) in [5.74, 6) is -1.37. The van der Waals surface area contributed by atoms with Crippen molar-refractivity contribution in [3.8, 4) is 5.75 Å². The van der Waals surface area contributed by atoms with Gasteiger partial charge in [0.25, 0.3) is 0 Å². The summed E-state index contributed by atoms with van der Waals surface area (Å²) in [6.07, 6.45) is -4.43. The monoisotopic (exact) mass is 528 g/mol. The average molecular weight is 529 g/mol. The molecular formula is C26H27F3N6O3. The van der Waals surface area contributed by atoms with Crippen LogP contribution in [0.4, 0.5) is 30.8 Å². The van der Waals surface area contributed by atoms with Crippen molar-refractivity contribution in [2.24, 2.45) is 0 Å². The second kappa shape index (κ2) is 11.3. The van der Waals surface area contributed by atoms with Crippen LogP contribution in [0.2, 0.25) is 0 Å². The Bertz CT molecular complexity index is 1220. The number of benzene rings is 2. The summed E-state index contributed by atoms with van der Waals surface area (Å²) in [5.41, 5.74) is -0.00409. The summed E-state index contributed by atoms with van der Waals surface area (Å²) >= 11 is 0. The Labute approximate surface area is 217 Å². The van der Waals surface area contributed by atoms with E-state index in [1.165, 1.54) is 12.1 Å². The highest BCUT2D eigenvalue weighted by Crippen LogP contribution is 2.31. The molecule has 0 aliphatic carbocycles. The molecule has 1 N–H and O–H groups in total. The number of morpholine rings is 1. The maximum absolute atomic E-state index is 13.7. The predicted octanol–water partition coefficient (Wildman–Crippen LogP) is 3.81. The molecule has 2 saturated heterocycles. The first-order valence-electron chi connectivity index (χ1n) is 12.4. The number of alkyl halides is 3. The number of nitrogens with one attached hydrogen (secondary N) is 1. The van der Waals surface area contributed by atoms with Gasteiger partial charge in [-0.05, 0) is 24.3 Å². The van der Waals surface area contributed by atoms with Crippen LogP contribution in [-0.4, -0.2) is 65.9 Å². The fourth-order valence-electron chi connectivity index (χ4n) is 4.38.